The first-order valence-corrected chi connectivity index (χ1v) is 7.32. The van der Waals surface area contributed by atoms with Crippen LogP contribution in [0, 0.1) is 5.92 Å². The van der Waals surface area contributed by atoms with E-state index in [4.69, 9.17) is 4.42 Å². The van der Waals surface area contributed by atoms with Gasteiger partial charge in [0.2, 0.25) is 0 Å². The average Bonchev–Trinajstić information content (AvgIpc) is 3.08. The second kappa shape index (κ2) is 5.12. The highest BCUT2D eigenvalue weighted by atomic mass is 79.9. The molecule has 2 heterocycles. The van der Waals surface area contributed by atoms with Crippen molar-refractivity contribution < 1.29 is 4.42 Å². The number of halogens is 1. The van der Waals surface area contributed by atoms with E-state index in [2.05, 4.69) is 32.2 Å². The summed E-state index contributed by atoms with van der Waals surface area (Å²) in [5.41, 5.74) is 0. The molecule has 2 aliphatic rings. The summed E-state index contributed by atoms with van der Waals surface area (Å²) in [7, 11) is 0. The molecule has 0 amide bonds. The molecule has 3 nitrogen and oxygen atoms in total. The smallest absolute Gasteiger partial charge is 0.169 e. The Morgan fingerprint density at radius 2 is 2.12 bits per heavy atom. The van der Waals surface area contributed by atoms with Crippen molar-refractivity contribution in [1.82, 2.24) is 10.2 Å². The summed E-state index contributed by atoms with van der Waals surface area (Å²) in [4.78, 5) is 2.57. The molecule has 1 aromatic rings. The molecule has 1 aliphatic heterocycles. The minimum Gasteiger partial charge on any atom is -0.453 e. The Balaban J connectivity index is 1.74. The van der Waals surface area contributed by atoms with Gasteiger partial charge in [0.05, 0.1) is 6.04 Å². The van der Waals surface area contributed by atoms with E-state index in [-0.39, 0.29) is 0 Å². The Kier molecular flexibility index (Phi) is 3.54. The topological polar surface area (TPSA) is 28.4 Å². The van der Waals surface area contributed by atoms with E-state index in [1.807, 2.05) is 6.07 Å². The fourth-order valence-electron chi connectivity index (χ4n) is 2.62. The molecule has 1 aliphatic carbocycles. The van der Waals surface area contributed by atoms with E-state index in [0.29, 0.717) is 6.04 Å². The highest BCUT2D eigenvalue weighted by Gasteiger charge is 2.31. The highest BCUT2D eigenvalue weighted by Crippen LogP contribution is 2.40. The van der Waals surface area contributed by atoms with Crippen LogP contribution in [0.1, 0.15) is 31.1 Å². The van der Waals surface area contributed by atoms with Crippen LogP contribution in [0.3, 0.4) is 0 Å². The third-order valence-electron chi connectivity index (χ3n) is 3.77. The summed E-state index contributed by atoms with van der Waals surface area (Å²) in [6.45, 7) is 4.47. The van der Waals surface area contributed by atoms with Crippen molar-refractivity contribution in [2.75, 3.05) is 26.2 Å². The van der Waals surface area contributed by atoms with Crippen molar-refractivity contribution >= 4 is 15.9 Å². The molecule has 0 aromatic carbocycles. The first-order valence-electron chi connectivity index (χ1n) is 6.53. The molecule has 2 fully saturated rings. The Morgan fingerprint density at radius 1 is 1.35 bits per heavy atom. The van der Waals surface area contributed by atoms with Gasteiger partial charge in [-0.15, -0.1) is 0 Å². The van der Waals surface area contributed by atoms with Crippen LogP contribution in [-0.2, 0) is 0 Å². The zero-order valence-electron chi connectivity index (χ0n) is 9.99. The van der Waals surface area contributed by atoms with Crippen LogP contribution >= 0.6 is 15.9 Å². The van der Waals surface area contributed by atoms with Gasteiger partial charge >= 0.3 is 0 Å². The number of furan rings is 1. The van der Waals surface area contributed by atoms with E-state index in [1.165, 1.54) is 19.3 Å². The molecule has 0 unspecified atom stereocenters. The molecule has 1 saturated carbocycles. The normalized spacial score (nSPS) is 23.8. The lowest BCUT2D eigenvalue weighted by molar-refractivity contribution is 0.141. The van der Waals surface area contributed by atoms with Crippen LogP contribution in [0.5, 0.6) is 0 Å². The standard InChI is InChI=1S/C13H19BrN2O/c14-13-4-3-12(17-13)11(9-10-1-2-10)16-7-5-15-6-8-16/h3-4,10-11,15H,1-2,5-9H2/t11-/m0/s1. The lowest BCUT2D eigenvalue weighted by atomic mass is 10.1. The highest BCUT2D eigenvalue weighted by molar-refractivity contribution is 9.10. The van der Waals surface area contributed by atoms with Gasteiger partial charge in [-0.1, -0.05) is 12.8 Å². The predicted octanol–water partition coefficient (Wildman–Crippen LogP) is 2.79. The van der Waals surface area contributed by atoms with E-state index in [0.717, 1.165) is 42.5 Å². The molecular formula is C13H19BrN2O. The summed E-state index contributed by atoms with van der Waals surface area (Å²) in [5, 5.41) is 3.41. The fourth-order valence-corrected chi connectivity index (χ4v) is 2.93. The van der Waals surface area contributed by atoms with Crippen LogP contribution in [0.15, 0.2) is 21.2 Å². The van der Waals surface area contributed by atoms with Crippen molar-refractivity contribution in [2.24, 2.45) is 5.92 Å². The molecule has 4 heteroatoms. The summed E-state index contributed by atoms with van der Waals surface area (Å²) in [5.74, 6) is 2.06. The summed E-state index contributed by atoms with van der Waals surface area (Å²) in [6, 6.07) is 4.62. The summed E-state index contributed by atoms with van der Waals surface area (Å²) < 4.78 is 6.63. The number of rotatable bonds is 4. The van der Waals surface area contributed by atoms with Gasteiger partial charge in [0, 0.05) is 26.2 Å². The maximum Gasteiger partial charge on any atom is 0.169 e. The number of nitrogens with zero attached hydrogens (tertiary/aromatic N) is 1. The SMILES string of the molecule is Brc1ccc([C@H](CC2CC2)N2CCNCC2)o1. The van der Waals surface area contributed by atoms with Crippen molar-refractivity contribution in [2.45, 2.75) is 25.3 Å². The van der Waals surface area contributed by atoms with E-state index in [1.54, 1.807) is 0 Å². The van der Waals surface area contributed by atoms with Crippen molar-refractivity contribution in [3.63, 3.8) is 0 Å². The average molecular weight is 299 g/mol. The quantitative estimate of drug-likeness (QED) is 0.926. The van der Waals surface area contributed by atoms with Crippen LogP contribution in [0.2, 0.25) is 0 Å². The molecule has 1 saturated heterocycles. The predicted molar refractivity (Wildman–Crippen MR) is 70.9 cm³/mol. The fraction of sp³-hybridized carbons (Fsp3) is 0.692. The van der Waals surface area contributed by atoms with Crippen molar-refractivity contribution in [1.29, 1.82) is 0 Å². The third kappa shape index (κ3) is 2.92. The van der Waals surface area contributed by atoms with Gasteiger partial charge in [-0.2, -0.15) is 0 Å². The maximum atomic E-state index is 5.78. The van der Waals surface area contributed by atoms with Gasteiger partial charge in [0.1, 0.15) is 5.76 Å². The Labute approximate surface area is 111 Å². The Hall–Kier alpha value is -0.320. The number of nitrogens with one attached hydrogen (secondary N) is 1. The second-order valence-electron chi connectivity index (χ2n) is 5.12. The molecular weight excluding hydrogens is 280 g/mol. The molecule has 0 bridgehead atoms. The van der Waals surface area contributed by atoms with Crippen LogP contribution in [0.25, 0.3) is 0 Å². The lowest BCUT2D eigenvalue weighted by Gasteiger charge is -2.33. The molecule has 0 radical (unpaired) electrons. The zero-order chi connectivity index (χ0) is 11.7. The van der Waals surface area contributed by atoms with Gasteiger partial charge in [-0.25, -0.2) is 0 Å². The van der Waals surface area contributed by atoms with Crippen LogP contribution in [-0.4, -0.2) is 31.1 Å². The van der Waals surface area contributed by atoms with Gasteiger partial charge in [-0.3, -0.25) is 4.90 Å². The molecule has 1 aromatic heterocycles. The number of hydrogen-bond acceptors (Lipinski definition) is 3. The Morgan fingerprint density at radius 3 is 2.71 bits per heavy atom. The number of piperazine rings is 1. The second-order valence-corrected chi connectivity index (χ2v) is 5.90. The Bertz CT molecular complexity index is 369. The molecule has 17 heavy (non-hydrogen) atoms. The zero-order valence-corrected chi connectivity index (χ0v) is 11.6. The lowest BCUT2D eigenvalue weighted by Crippen LogP contribution is -2.45. The molecule has 1 N–H and O–H groups in total. The van der Waals surface area contributed by atoms with Crippen molar-refractivity contribution in [3.05, 3.63) is 22.6 Å². The molecule has 0 spiro atoms. The molecule has 3 rings (SSSR count). The minimum absolute atomic E-state index is 0.482. The van der Waals surface area contributed by atoms with E-state index >= 15 is 0 Å². The largest absolute Gasteiger partial charge is 0.453 e. The van der Waals surface area contributed by atoms with Gasteiger partial charge in [0.25, 0.3) is 0 Å². The maximum absolute atomic E-state index is 5.78. The van der Waals surface area contributed by atoms with E-state index < -0.39 is 0 Å². The first kappa shape index (κ1) is 11.8. The molecule has 1 atom stereocenters. The van der Waals surface area contributed by atoms with Gasteiger partial charge < -0.3 is 9.73 Å². The van der Waals surface area contributed by atoms with Crippen LogP contribution < -0.4 is 5.32 Å². The van der Waals surface area contributed by atoms with E-state index in [9.17, 15) is 0 Å². The van der Waals surface area contributed by atoms with Gasteiger partial charge in [0.15, 0.2) is 4.67 Å². The third-order valence-corrected chi connectivity index (χ3v) is 4.19. The minimum atomic E-state index is 0.482. The molecule has 94 valence electrons. The summed E-state index contributed by atoms with van der Waals surface area (Å²) >= 11 is 3.41. The van der Waals surface area contributed by atoms with Crippen molar-refractivity contribution in [3.8, 4) is 0 Å². The number of hydrogen-bond donors (Lipinski definition) is 1. The monoisotopic (exact) mass is 298 g/mol. The van der Waals surface area contributed by atoms with Gasteiger partial charge in [-0.05, 0) is 40.4 Å². The van der Waals surface area contributed by atoms with Crippen LogP contribution in [0.4, 0.5) is 0 Å². The summed E-state index contributed by atoms with van der Waals surface area (Å²) in [6.07, 6.45) is 4.08. The first-order chi connectivity index (χ1) is 8.33.